The van der Waals surface area contributed by atoms with Crippen LogP contribution in [-0.4, -0.2) is 51.6 Å². The fraction of sp³-hybridized carbons (Fsp3) is 0.611. The zero-order valence-electron chi connectivity index (χ0n) is 14.9. The Bertz CT molecular complexity index is 726. The highest BCUT2D eigenvalue weighted by molar-refractivity contribution is 7.99. The van der Waals surface area contributed by atoms with E-state index in [2.05, 4.69) is 38.9 Å². The highest BCUT2D eigenvalue weighted by atomic mass is 32.2. The molecule has 1 unspecified atom stereocenters. The van der Waals surface area contributed by atoms with Crippen LogP contribution in [0.4, 0.5) is 5.95 Å². The number of hydrogen-bond acceptors (Lipinski definition) is 7. The van der Waals surface area contributed by atoms with Gasteiger partial charge < -0.3 is 10.2 Å². The molecule has 2 aliphatic rings. The molecule has 0 radical (unpaired) electrons. The number of rotatable bonds is 4. The van der Waals surface area contributed by atoms with Crippen LogP contribution in [0.25, 0.3) is 10.6 Å². The van der Waals surface area contributed by atoms with Gasteiger partial charge in [0.25, 0.3) is 0 Å². The summed E-state index contributed by atoms with van der Waals surface area (Å²) in [4.78, 5) is 17.4. The molecule has 4 heterocycles. The summed E-state index contributed by atoms with van der Waals surface area (Å²) in [6, 6.07) is 3.25. The molecule has 25 heavy (non-hydrogen) atoms. The van der Waals surface area contributed by atoms with Crippen LogP contribution in [0.3, 0.4) is 0 Å². The molecule has 7 heteroatoms. The predicted molar refractivity (Wildman–Crippen MR) is 107 cm³/mol. The molecule has 2 aromatic rings. The van der Waals surface area contributed by atoms with Crippen LogP contribution in [0, 0.1) is 13.8 Å². The summed E-state index contributed by atoms with van der Waals surface area (Å²) < 4.78 is 0. The zero-order chi connectivity index (χ0) is 17.2. The highest BCUT2D eigenvalue weighted by Gasteiger charge is 2.27. The first-order chi connectivity index (χ1) is 12.2. The monoisotopic (exact) mass is 375 g/mol. The Labute approximate surface area is 157 Å². The normalized spacial score (nSPS) is 21.8. The van der Waals surface area contributed by atoms with E-state index < -0.39 is 0 Å². The van der Waals surface area contributed by atoms with E-state index in [4.69, 9.17) is 4.98 Å². The van der Waals surface area contributed by atoms with E-state index in [1.165, 1.54) is 30.8 Å². The Hall–Kier alpha value is -1.18. The van der Waals surface area contributed by atoms with E-state index in [0.29, 0.717) is 12.1 Å². The van der Waals surface area contributed by atoms with Crippen molar-refractivity contribution in [2.24, 2.45) is 0 Å². The second kappa shape index (κ2) is 7.60. The SMILES string of the molecule is Cc1nc(C)c(-c2ccnc(N3CCC(NC4CCSCC4)C3)n2)s1. The first-order valence-corrected chi connectivity index (χ1v) is 11.0. The number of thiazole rings is 1. The minimum atomic E-state index is 0.563. The number of nitrogens with zero attached hydrogens (tertiary/aromatic N) is 4. The lowest BCUT2D eigenvalue weighted by molar-refractivity contribution is 0.423. The molecule has 0 bridgehead atoms. The third-order valence-corrected chi connectivity index (χ3v) is 7.09. The average molecular weight is 376 g/mol. The van der Waals surface area contributed by atoms with Crippen molar-refractivity contribution in [2.45, 2.75) is 45.2 Å². The Morgan fingerprint density at radius 2 is 1.96 bits per heavy atom. The smallest absolute Gasteiger partial charge is 0.225 e. The van der Waals surface area contributed by atoms with Crippen molar-refractivity contribution < 1.29 is 0 Å². The van der Waals surface area contributed by atoms with Gasteiger partial charge in [-0.2, -0.15) is 11.8 Å². The molecular formula is C18H25N5S2. The average Bonchev–Trinajstić information content (AvgIpc) is 3.22. The Morgan fingerprint density at radius 3 is 2.72 bits per heavy atom. The lowest BCUT2D eigenvalue weighted by Crippen LogP contribution is -2.42. The second-order valence-corrected chi connectivity index (χ2v) is 9.30. The maximum Gasteiger partial charge on any atom is 0.225 e. The summed E-state index contributed by atoms with van der Waals surface area (Å²) in [5.41, 5.74) is 2.05. The molecular weight excluding hydrogens is 350 g/mol. The van der Waals surface area contributed by atoms with E-state index >= 15 is 0 Å². The fourth-order valence-electron chi connectivity index (χ4n) is 3.67. The van der Waals surface area contributed by atoms with Gasteiger partial charge in [0.1, 0.15) is 0 Å². The third kappa shape index (κ3) is 3.99. The summed E-state index contributed by atoms with van der Waals surface area (Å²) in [5.74, 6) is 3.45. The van der Waals surface area contributed by atoms with Gasteiger partial charge in [0, 0.05) is 31.4 Å². The van der Waals surface area contributed by atoms with Crippen molar-refractivity contribution in [1.29, 1.82) is 0 Å². The molecule has 2 saturated heterocycles. The molecule has 2 aliphatic heterocycles. The molecule has 0 saturated carbocycles. The van der Waals surface area contributed by atoms with Crippen molar-refractivity contribution in [1.82, 2.24) is 20.3 Å². The van der Waals surface area contributed by atoms with Gasteiger partial charge in [0.2, 0.25) is 5.95 Å². The second-order valence-electron chi connectivity index (χ2n) is 6.87. The van der Waals surface area contributed by atoms with E-state index in [-0.39, 0.29) is 0 Å². The van der Waals surface area contributed by atoms with Crippen molar-refractivity contribution in [3.05, 3.63) is 23.0 Å². The number of thioether (sulfide) groups is 1. The number of aromatic nitrogens is 3. The Morgan fingerprint density at radius 1 is 1.12 bits per heavy atom. The Balaban J connectivity index is 1.44. The molecule has 5 nitrogen and oxygen atoms in total. The topological polar surface area (TPSA) is 53.9 Å². The molecule has 2 fully saturated rings. The standard InChI is InChI=1S/C18H25N5S2/c1-12-17(25-13(2)20-12)16-3-7-19-18(22-16)23-8-4-15(11-23)21-14-5-9-24-10-6-14/h3,7,14-15,21H,4-6,8-11H2,1-2H3. The van der Waals surface area contributed by atoms with Crippen LogP contribution >= 0.6 is 23.1 Å². The maximum atomic E-state index is 4.83. The third-order valence-electron chi connectivity index (χ3n) is 4.94. The summed E-state index contributed by atoms with van der Waals surface area (Å²) in [6.45, 7) is 6.14. The van der Waals surface area contributed by atoms with E-state index in [9.17, 15) is 0 Å². The highest BCUT2D eigenvalue weighted by Crippen LogP contribution is 2.29. The number of anilines is 1. The van der Waals surface area contributed by atoms with E-state index in [0.717, 1.165) is 40.3 Å². The van der Waals surface area contributed by atoms with Gasteiger partial charge in [-0.05, 0) is 50.7 Å². The van der Waals surface area contributed by atoms with Crippen LogP contribution in [0.5, 0.6) is 0 Å². The lowest BCUT2D eigenvalue weighted by Gasteiger charge is -2.26. The van der Waals surface area contributed by atoms with Crippen LogP contribution in [0.2, 0.25) is 0 Å². The van der Waals surface area contributed by atoms with Gasteiger partial charge in [-0.15, -0.1) is 11.3 Å². The molecule has 0 aliphatic carbocycles. The fourth-order valence-corrected chi connectivity index (χ4v) is 5.67. The van der Waals surface area contributed by atoms with Crippen molar-refractivity contribution in [2.75, 3.05) is 29.5 Å². The first kappa shape index (κ1) is 17.2. The predicted octanol–water partition coefficient (Wildman–Crippen LogP) is 3.28. The minimum absolute atomic E-state index is 0.563. The lowest BCUT2D eigenvalue weighted by atomic mass is 10.1. The summed E-state index contributed by atoms with van der Waals surface area (Å²) in [5, 5.41) is 4.94. The van der Waals surface area contributed by atoms with Crippen LogP contribution in [-0.2, 0) is 0 Å². The summed E-state index contributed by atoms with van der Waals surface area (Å²) in [6.07, 6.45) is 5.66. The van der Waals surface area contributed by atoms with Crippen LogP contribution in [0.1, 0.15) is 30.0 Å². The molecule has 1 N–H and O–H groups in total. The molecule has 0 spiro atoms. The molecule has 1 atom stereocenters. The van der Waals surface area contributed by atoms with Gasteiger partial charge in [-0.1, -0.05) is 0 Å². The maximum absolute atomic E-state index is 4.83. The molecule has 0 amide bonds. The molecule has 4 rings (SSSR count). The quantitative estimate of drug-likeness (QED) is 0.885. The summed E-state index contributed by atoms with van der Waals surface area (Å²) in [7, 11) is 0. The van der Waals surface area contributed by atoms with Crippen LogP contribution < -0.4 is 10.2 Å². The Kier molecular flexibility index (Phi) is 5.24. The van der Waals surface area contributed by atoms with Crippen molar-refractivity contribution in [3.63, 3.8) is 0 Å². The molecule has 134 valence electrons. The van der Waals surface area contributed by atoms with Crippen LogP contribution in [0.15, 0.2) is 12.3 Å². The van der Waals surface area contributed by atoms with Gasteiger partial charge >= 0.3 is 0 Å². The van der Waals surface area contributed by atoms with Gasteiger partial charge in [0.15, 0.2) is 0 Å². The first-order valence-electron chi connectivity index (χ1n) is 9.05. The van der Waals surface area contributed by atoms with Crippen molar-refractivity contribution in [3.8, 4) is 10.6 Å². The minimum Gasteiger partial charge on any atom is -0.339 e. The van der Waals surface area contributed by atoms with Crippen molar-refractivity contribution >= 4 is 29.0 Å². The number of hydrogen-bond donors (Lipinski definition) is 1. The number of aryl methyl sites for hydroxylation is 2. The van der Waals surface area contributed by atoms with Gasteiger partial charge in [0.05, 0.1) is 21.3 Å². The zero-order valence-corrected chi connectivity index (χ0v) is 16.5. The molecule has 2 aromatic heterocycles. The summed E-state index contributed by atoms with van der Waals surface area (Å²) >= 11 is 3.79. The van der Waals surface area contributed by atoms with E-state index in [1.807, 2.05) is 19.2 Å². The largest absolute Gasteiger partial charge is 0.339 e. The number of nitrogens with one attached hydrogen (secondary N) is 1. The molecule has 0 aromatic carbocycles. The van der Waals surface area contributed by atoms with Gasteiger partial charge in [-0.25, -0.2) is 15.0 Å². The van der Waals surface area contributed by atoms with E-state index in [1.54, 1.807) is 11.3 Å². The van der Waals surface area contributed by atoms with Gasteiger partial charge in [-0.3, -0.25) is 0 Å².